The van der Waals surface area contributed by atoms with Crippen molar-refractivity contribution in [1.29, 1.82) is 0 Å². The van der Waals surface area contributed by atoms with Crippen LogP contribution in [0.4, 0.5) is 0 Å². The first-order valence-electron chi connectivity index (χ1n) is 5.96. The van der Waals surface area contributed by atoms with Crippen molar-refractivity contribution >= 4 is 60.9 Å². The van der Waals surface area contributed by atoms with Crippen molar-refractivity contribution in [3.8, 4) is 0 Å². The Kier molecular flexibility index (Phi) is 2.64. The van der Waals surface area contributed by atoms with Crippen LogP contribution in [0.25, 0.3) is 21.8 Å². The van der Waals surface area contributed by atoms with Crippen molar-refractivity contribution in [3.63, 3.8) is 0 Å². The molecule has 2 aromatic carbocycles. The van der Waals surface area contributed by atoms with E-state index in [1.54, 1.807) is 34.8 Å². The first-order chi connectivity index (χ1) is 9.99. The summed E-state index contributed by atoms with van der Waals surface area (Å²) < 4.78 is 3.32. The standard InChI is InChI=1S/C14H5BrCl2N2O2/c15-6-3-9-12(10(17)4-6)18-11-2-1-7(16)5-8(11)13(20)19(18)14(9)21/h1-5H. The van der Waals surface area contributed by atoms with E-state index in [2.05, 4.69) is 15.9 Å². The molecule has 0 spiro atoms. The number of benzene rings is 2. The monoisotopic (exact) mass is 382 g/mol. The SMILES string of the molecule is O=c1c2cc(Cl)ccc2n2c3c(Cl)cc(Br)cc3c(=O)n12. The van der Waals surface area contributed by atoms with Gasteiger partial charge >= 0.3 is 0 Å². The molecule has 0 aliphatic rings. The van der Waals surface area contributed by atoms with Crippen molar-refractivity contribution in [2.75, 3.05) is 0 Å². The molecule has 0 fully saturated rings. The number of fused-ring (bicyclic) bond motifs is 5. The average molecular weight is 384 g/mol. The van der Waals surface area contributed by atoms with Gasteiger partial charge in [-0.25, -0.2) is 4.52 Å². The van der Waals surface area contributed by atoms with Crippen molar-refractivity contribution in [3.05, 3.63) is 65.6 Å². The molecule has 0 N–H and O–H groups in total. The van der Waals surface area contributed by atoms with E-state index in [1.165, 1.54) is 0 Å². The molecular formula is C14H5BrCl2N2O2. The zero-order valence-corrected chi connectivity index (χ0v) is 13.3. The normalized spacial score (nSPS) is 12.0. The number of hydrogen-bond donors (Lipinski definition) is 0. The van der Waals surface area contributed by atoms with E-state index in [0.717, 1.165) is 4.52 Å². The summed E-state index contributed by atoms with van der Waals surface area (Å²) >= 11 is 15.5. The predicted octanol–water partition coefficient (Wildman–Crippen LogP) is 3.57. The molecule has 7 heteroatoms. The van der Waals surface area contributed by atoms with Gasteiger partial charge in [-0.05, 0) is 30.3 Å². The van der Waals surface area contributed by atoms with E-state index in [1.807, 2.05) is 0 Å². The maximum atomic E-state index is 12.5. The summed E-state index contributed by atoms with van der Waals surface area (Å²) in [5, 5.41) is 1.62. The lowest BCUT2D eigenvalue weighted by atomic mass is 10.2. The second kappa shape index (κ2) is 4.22. The summed E-state index contributed by atoms with van der Waals surface area (Å²) in [6.45, 7) is 0. The third-order valence-corrected chi connectivity index (χ3v) is 4.45. The lowest BCUT2D eigenvalue weighted by Gasteiger charge is -1.98. The van der Waals surface area contributed by atoms with Gasteiger partial charge in [0.25, 0.3) is 11.1 Å². The van der Waals surface area contributed by atoms with Crippen LogP contribution in [0.1, 0.15) is 0 Å². The molecule has 4 rings (SSSR count). The smallest absolute Gasteiger partial charge is 0.267 e. The molecule has 2 aromatic heterocycles. The van der Waals surface area contributed by atoms with Gasteiger partial charge in [0.1, 0.15) is 0 Å². The van der Waals surface area contributed by atoms with Crippen LogP contribution in [0.5, 0.6) is 0 Å². The van der Waals surface area contributed by atoms with Crippen LogP contribution in [0.2, 0.25) is 10.0 Å². The van der Waals surface area contributed by atoms with Crippen LogP contribution in [0.3, 0.4) is 0 Å². The summed E-state index contributed by atoms with van der Waals surface area (Å²) in [6, 6.07) is 8.28. The van der Waals surface area contributed by atoms with Gasteiger partial charge in [-0.15, -0.1) is 0 Å². The molecule has 21 heavy (non-hydrogen) atoms. The summed E-state index contributed by atoms with van der Waals surface area (Å²) in [5.41, 5.74) is 0.312. The first kappa shape index (κ1) is 13.1. The van der Waals surface area contributed by atoms with E-state index in [-0.39, 0.29) is 0 Å². The average Bonchev–Trinajstić information content (AvgIpc) is 2.86. The Morgan fingerprint density at radius 2 is 1.62 bits per heavy atom. The molecule has 104 valence electrons. The van der Waals surface area contributed by atoms with Crippen molar-refractivity contribution in [2.24, 2.45) is 0 Å². The molecule has 0 amide bonds. The quantitative estimate of drug-likeness (QED) is 0.465. The van der Waals surface area contributed by atoms with Crippen LogP contribution >= 0.6 is 39.1 Å². The molecule has 4 nitrogen and oxygen atoms in total. The van der Waals surface area contributed by atoms with Crippen LogP contribution in [-0.2, 0) is 0 Å². The first-order valence-corrected chi connectivity index (χ1v) is 7.51. The molecule has 0 aliphatic carbocycles. The summed E-state index contributed by atoms with van der Waals surface area (Å²) in [4.78, 5) is 25.0. The van der Waals surface area contributed by atoms with Gasteiger partial charge in [0, 0.05) is 9.50 Å². The van der Waals surface area contributed by atoms with E-state index in [9.17, 15) is 9.59 Å². The Balaban J connectivity index is 2.46. The third kappa shape index (κ3) is 1.62. The third-order valence-electron chi connectivity index (χ3n) is 3.47. The highest BCUT2D eigenvalue weighted by Crippen LogP contribution is 2.28. The molecule has 0 unspecified atom stereocenters. The Hall–Kier alpha value is -1.56. The lowest BCUT2D eigenvalue weighted by molar-refractivity contribution is 0.841. The summed E-state index contributed by atoms with van der Waals surface area (Å²) in [5.74, 6) is 0. The highest BCUT2D eigenvalue weighted by atomic mass is 79.9. The summed E-state index contributed by atoms with van der Waals surface area (Å²) in [6.07, 6.45) is 0. The fraction of sp³-hybridized carbons (Fsp3) is 0. The van der Waals surface area contributed by atoms with Crippen molar-refractivity contribution in [1.82, 2.24) is 9.03 Å². The topological polar surface area (TPSA) is 43.0 Å². The zero-order valence-electron chi connectivity index (χ0n) is 10.2. The molecule has 0 bridgehead atoms. The van der Waals surface area contributed by atoms with Crippen LogP contribution in [-0.4, -0.2) is 9.03 Å². The second-order valence-corrected chi connectivity index (χ2v) is 6.44. The van der Waals surface area contributed by atoms with Crippen LogP contribution in [0, 0.1) is 0 Å². The Labute approximate surface area is 135 Å². The van der Waals surface area contributed by atoms with E-state index in [4.69, 9.17) is 23.2 Å². The minimum Gasteiger partial charge on any atom is -0.267 e. The molecule has 0 atom stereocenters. The fourth-order valence-electron chi connectivity index (χ4n) is 2.64. The van der Waals surface area contributed by atoms with Crippen LogP contribution in [0.15, 0.2) is 44.4 Å². The van der Waals surface area contributed by atoms with Gasteiger partial charge in [-0.3, -0.25) is 9.59 Å². The molecular weight excluding hydrogens is 379 g/mol. The van der Waals surface area contributed by atoms with E-state index in [0.29, 0.717) is 36.3 Å². The maximum Gasteiger partial charge on any atom is 0.282 e. The van der Waals surface area contributed by atoms with Gasteiger partial charge in [0.15, 0.2) is 0 Å². The minimum atomic E-state index is -0.402. The number of halogens is 3. The van der Waals surface area contributed by atoms with E-state index < -0.39 is 11.1 Å². The lowest BCUT2D eigenvalue weighted by Crippen LogP contribution is -2.21. The van der Waals surface area contributed by atoms with Gasteiger partial charge in [0.05, 0.1) is 26.8 Å². The minimum absolute atomic E-state index is 0.389. The molecule has 0 saturated carbocycles. The van der Waals surface area contributed by atoms with Crippen molar-refractivity contribution < 1.29 is 0 Å². The molecule has 0 aliphatic heterocycles. The molecule has 0 radical (unpaired) electrons. The van der Waals surface area contributed by atoms with E-state index >= 15 is 0 Å². The van der Waals surface area contributed by atoms with Gasteiger partial charge in [-0.2, -0.15) is 4.52 Å². The maximum absolute atomic E-state index is 12.5. The summed E-state index contributed by atoms with van der Waals surface area (Å²) in [7, 11) is 0. The fourth-order valence-corrected chi connectivity index (χ4v) is 3.70. The van der Waals surface area contributed by atoms with Gasteiger partial charge in [-0.1, -0.05) is 39.1 Å². The molecule has 4 aromatic rings. The number of nitrogens with zero attached hydrogens (tertiary/aromatic N) is 2. The largest absolute Gasteiger partial charge is 0.282 e. The Morgan fingerprint density at radius 3 is 2.38 bits per heavy atom. The Bertz CT molecular complexity index is 1160. The number of hydrogen-bond acceptors (Lipinski definition) is 2. The highest BCUT2D eigenvalue weighted by molar-refractivity contribution is 9.10. The van der Waals surface area contributed by atoms with Gasteiger partial charge < -0.3 is 0 Å². The van der Waals surface area contributed by atoms with Crippen molar-refractivity contribution in [2.45, 2.75) is 0 Å². The molecule has 2 heterocycles. The zero-order chi connectivity index (χ0) is 14.9. The number of rotatable bonds is 0. The Morgan fingerprint density at radius 1 is 0.905 bits per heavy atom. The molecule has 0 saturated heterocycles. The highest BCUT2D eigenvalue weighted by Gasteiger charge is 2.19. The second-order valence-electron chi connectivity index (χ2n) is 4.68. The number of aromatic nitrogens is 2. The predicted molar refractivity (Wildman–Crippen MR) is 87.3 cm³/mol. The van der Waals surface area contributed by atoms with Gasteiger partial charge in [0.2, 0.25) is 0 Å². The van der Waals surface area contributed by atoms with Crippen LogP contribution < -0.4 is 11.1 Å².